The number of nitrogens with zero attached hydrogens (tertiary/aromatic N) is 1. The first-order valence-corrected chi connectivity index (χ1v) is 10.7. The van der Waals surface area contributed by atoms with E-state index in [1.807, 2.05) is 32.0 Å². The van der Waals surface area contributed by atoms with Crippen molar-refractivity contribution < 1.29 is 14.0 Å². The summed E-state index contributed by atoms with van der Waals surface area (Å²) < 4.78 is 13.4. The maximum atomic E-state index is 13.4. The van der Waals surface area contributed by atoms with Crippen LogP contribution in [0.3, 0.4) is 0 Å². The van der Waals surface area contributed by atoms with E-state index in [4.69, 9.17) is 23.2 Å². The molecule has 0 radical (unpaired) electrons. The lowest BCUT2D eigenvalue weighted by atomic mass is 10.1. The fraction of sp³-hybridized carbons (Fsp3) is 0.167. The molecule has 0 aromatic heterocycles. The molecule has 0 aliphatic rings. The number of amides is 3. The summed E-state index contributed by atoms with van der Waals surface area (Å²) in [5.74, 6) is -0.813. The van der Waals surface area contributed by atoms with Crippen LogP contribution < -0.4 is 15.5 Å². The molecule has 166 valence electrons. The lowest BCUT2D eigenvalue weighted by Gasteiger charge is -2.24. The SMILES string of the molecule is Cc1cccc(C)c1NC(=O)NCCN(C(=O)c1ccc(Cl)cc1Cl)c1ccc(F)cc1. The molecular formula is C24H22Cl2FN3O2. The first kappa shape index (κ1) is 23.6. The molecular weight excluding hydrogens is 452 g/mol. The van der Waals surface area contributed by atoms with Crippen LogP contribution in [0.5, 0.6) is 0 Å². The molecule has 3 rings (SSSR count). The Morgan fingerprint density at radius 2 is 1.62 bits per heavy atom. The smallest absolute Gasteiger partial charge is 0.319 e. The lowest BCUT2D eigenvalue weighted by molar-refractivity contribution is 0.0987. The second kappa shape index (κ2) is 10.5. The van der Waals surface area contributed by atoms with Crippen LogP contribution in [0.15, 0.2) is 60.7 Å². The molecule has 8 heteroatoms. The number of nitrogens with one attached hydrogen (secondary N) is 2. The maximum Gasteiger partial charge on any atom is 0.319 e. The van der Waals surface area contributed by atoms with Gasteiger partial charge in [0.1, 0.15) is 5.82 Å². The van der Waals surface area contributed by atoms with E-state index in [2.05, 4.69) is 10.6 Å². The van der Waals surface area contributed by atoms with Gasteiger partial charge in [-0.05, 0) is 67.4 Å². The van der Waals surface area contributed by atoms with Crippen LogP contribution in [-0.2, 0) is 0 Å². The predicted octanol–water partition coefficient (Wildman–Crippen LogP) is 6.22. The molecule has 3 aromatic rings. The Balaban J connectivity index is 1.74. The zero-order valence-corrected chi connectivity index (χ0v) is 19.1. The van der Waals surface area contributed by atoms with Crippen LogP contribution >= 0.6 is 23.2 Å². The average Bonchev–Trinajstić information content (AvgIpc) is 2.74. The van der Waals surface area contributed by atoms with E-state index >= 15 is 0 Å². The largest absolute Gasteiger partial charge is 0.336 e. The minimum Gasteiger partial charge on any atom is -0.336 e. The molecule has 0 unspecified atom stereocenters. The van der Waals surface area contributed by atoms with Gasteiger partial charge < -0.3 is 15.5 Å². The molecule has 0 saturated heterocycles. The van der Waals surface area contributed by atoms with Gasteiger partial charge in [-0.25, -0.2) is 9.18 Å². The van der Waals surface area contributed by atoms with Crippen LogP contribution in [-0.4, -0.2) is 25.0 Å². The van der Waals surface area contributed by atoms with E-state index in [1.165, 1.54) is 41.3 Å². The molecule has 2 N–H and O–H groups in total. The van der Waals surface area contributed by atoms with Gasteiger partial charge in [0, 0.05) is 29.5 Å². The Morgan fingerprint density at radius 3 is 2.25 bits per heavy atom. The third kappa shape index (κ3) is 5.78. The van der Waals surface area contributed by atoms with Gasteiger partial charge in [0.2, 0.25) is 0 Å². The van der Waals surface area contributed by atoms with Gasteiger partial charge in [-0.1, -0.05) is 41.4 Å². The fourth-order valence-electron chi connectivity index (χ4n) is 3.23. The number of halogens is 3. The van der Waals surface area contributed by atoms with Gasteiger partial charge in [-0.2, -0.15) is 0 Å². The number of aryl methyl sites for hydroxylation is 2. The van der Waals surface area contributed by atoms with Crippen molar-refractivity contribution in [1.29, 1.82) is 0 Å². The van der Waals surface area contributed by atoms with Gasteiger partial charge in [0.05, 0.1) is 10.6 Å². The quantitative estimate of drug-likeness (QED) is 0.446. The molecule has 0 aliphatic carbocycles. The molecule has 0 saturated carbocycles. The molecule has 32 heavy (non-hydrogen) atoms. The van der Waals surface area contributed by atoms with Crippen molar-refractivity contribution in [2.24, 2.45) is 0 Å². The molecule has 3 aromatic carbocycles. The van der Waals surface area contributed by atoms with Crippen molar-refractivity contribution in [3.8, 4) is 0 Å². The van der Waals surface area contributed by atoms with Crippen LogP contribution in [0.2, 0.25) is 10.0 Å². The van der Waals surface area contributed by atoms with Crippen molar-refractivity contribution in [2.75, 3.05) is 23.3 Å². The highest BCUT2D eigenvalue weighted by molar-refractivity contribution is 6.37. The van der Waals surface area contributed by atoms with Gasteiger partial charge in [0.15, 0.2) is 0 Å². The minimum absolute atomic E-state index is 0.142. The summed E-state index contributed by atoms with van der Waals surface area (Å²) in [6, 6.07) is 15.4. The molecule has 0 atom stereocenters. The molecule has 5 nitrogen and oxygen atoms in total. The summed E-state index contributed by atoms with van der Waals surface area (Å²) in [4.78, 5) is 27.0. The Bertz CT molecular complexity index is 1120. The van der Waals surface area contributed by atoms with Gasteiger partial charge in [-0.3, -0.25) is 4.79 Å². The van der Waals surface area contributed by atoms with Crippen molar-refractivity contribution >= 4 is 46.5 Å². The first-order valence-electron chi connectivity index (χ1n) is 9.90. The van der Waals surface area contributed by atoms with E-state index in [0.717, 1.165) is 16.8 Å². The van der Waals surface area contributed by atoms with E-state index in [-0.39, 0.29) is 23.7 Å². The fourth-order valence-corrected chi connectivity index (χ4v) is 3.72. The number of carbonyl (C=O) groups excluding carboxylic acids is 2. The molecule has 0 fully saturated rings. The third-order valence-corrected chi connectivity index (χ3v) is 5.43. The Morgan fingerprint density at radius 1 is 0.969 bits per heavy atom. The van der Waals surface area contributed by atoms with E-state index in [9.17, 15) is 14.0 Å². The third-order valence-electron chi connectivity index (χ3n) is 4.89. The Labute approximate surface area is 196 Å². The molecule has 0 heterocycles. The van der Waals surface area contributed by atoms with E-state index in [1.54, 1.807) is 6.07 Å². The zero-order chi connectivity index (χ0) is 23.3. The van der Waals surface area contributed by atoms with Crippen molar-refractivity contribution in [3.63, 3.8) is 0 Å². The monoisotopic (exact) mass is 473 g/mol. The highest BCUT2D eigenvalue weighted by atomic mass is 35.5. The van der Waals surface area contributed by atoms with Gasteiger partial charge >= 0.3 is 6.03 Å². The number of urea groups is 1. The second-order valence-corrected chi connectivity index (χ2v) is 8.05. The number of hydrogen-bond acceptors (Lipinski definition) is 2. The average molecular weight is 474 g/mol. The van der Waals surface area contributed by atoms with Gasteiger partial charge in [0.25, 0.3) is 5.91 Å². The summed E-state index contributed by atoms with van der Waals surface area (Å²) >= 11 is 12.2. The topological polar surface area (TPSA) is 61.4 Å². The van der Waals surface area contributed by atoms with Crippen molar-refractivity contribution in [3.05, 3.63) is 93.2 Å². The van der Waals surface area contributed by atoms with E-state index in [0.29, 0.717) is 10.7 Å². The summed E-state index contributed by atoms with van der Waals surface area (Å²) in [5.41, 5.74) is 3.35. The minimum atomic E-state index is -0.420. The van der Waals surface area contributed by atoms with Crippen LogP contribution in [0, 0.1) is 19.7 Å². The first-order chi connectivity index (χ1) is 15.3. The number of hydrogen-bond donors (Lipinski definition) is 2. The number of para-hydroxylation sites is 1. The van der Waals surface area contributed by atoms with E-state index < -0.39 is 17.8 Å². The zero-order valence-electron chi connectivity index (χ0n) is 17.6. The molecule has 0 bridgehead atoms. The van der Waals surface area contributed by atoms with Crippen LogP contribution in [0.1, 0.15) is 21.5 Å². The molecule has 3 amide bonds. The lowest BCUT2D eigenvalue weighted by Crippen LogP contribution is -2.40. The predicted molar refractivity (Wildman–Crippen MR) is 127 cm³/mol. The number of benzene rings is 3. The number of carbonyl (C=O) groups is 2. The standard InChI is InChI=1S/C24H22Cl2FN3O2/c1-15-4-3-5-16(2)22(15)29-24(32)28-12-13-30(19-9-7-18(27)8-10-19)23(31)20-11-6-17(25)14-21(20)26/h3-11,14H,12-13H2,1-2H3,(H2,28,29,32). The summed E-state index contributed by atoms with van der Waals surface area (Å²) in [5, 5.41) is 6.20. The van der Waals surface area contributed by atoms with Crippen LogP contribution in [0.4, 0.5) is 20.6 Å². The second-order valence-electron chi connectivity index (χ2n) is 7.21. The van der Waals surface area contributed by atoms with Gasteiger partial charge in [-0.15, -0.1) is 0 Å². The van der Waals surface area contributed by atoms with Crippen molar-refractivity contribution in [1.82, 2.24) is 5.32 Å². The number of anilines is 2. The maximum absolute atomic E-state index is 13.4. The highest BCUT2D eigenvalue weighted by Gasteiger charge is 2.21. The summed E-state index contributed by atoms with van der Waals surface area (Å²) in [6.45, 7) is 4.12. The van der Waals surface area contributed by atoms with Crippen LogP contribution in [0.25, 0.3) is 0 Å². The summed E-state index contributed by atoms with van der Waals surface area (Å²) in [7, 11) is 0. The Hall–Kier alpha value is -3.09. The normalized spacial score (nSPS) is 10.5. The Kier molecular flexibility index (Phi) is 7.72. The molecule has 0 aliphatic heterocycles. The molecule has 0 spiro atoms. The summed E-state index contributed by atoms with van der Waals surface area (Å²) in [6.07, 6.45) is 0. The highest BCUT2D eigenvalue weighted by Crippen LogP contribution is 2.25. The number of rotatable bonds is 6. The van der Waals surface area contributed by atoms with Crippen molar-refractivity contribution in [2.45, 2.75) is 13.8 Å².